The van der Waals surface area contributed by atoms with Gasteiger partial charge in [-0.25, -0.2) is 4.79 Å². The van der Waals surface area contributed by atoms with E-state index in [2.05, 4.69) is 29.6 Å². The zero-order valence-electron chi connectivity index (χ0n) is 30.1. The molecule has 8 nitrogen and oxygen atoms in total. The van der Waals surface area contributed by atoms with Gasteiger partial charge < -0.3 is 26.3 Å². The van der Waals surface area contributed by atoms with Gasteiger partial charge >= 0.3 is 12.1 Å². The second kappa shape index (κ2) is 20.4. The maximum atomic E-state index is 14.4. The number of unbranched alkanes of at least 4 members (excludes halogenated alkanes) is 9. The van der Waals surface area contributed by atoms with Gasteiger partial charge in [0.25, 0.3) is 0 Å². The van der Waals surface area contributed by atoms with E-state index >= 15 is 0 Å². The van der Waals surface area contributed by atoms with E-state index in [-0.39, 0.29) is 17.7 Å². The summed E-state index contributed by atoms with van der Waals surface area (Å²) >= 11 is 0. The monoisotopic (exact) mass is 653 g/mol. The largest absolute Gasteiger partial charge is 0.460 e. The maximum absolute atomic E-state index is 14.4. The Morgan fingerprint density at radius 2 is 1.28 bits per heavy atom. The number of rotatable bonds is 21. The first-order valence-corrected chi connectivity index (χ1v) is 17.9. The van der Waals surface area contributed by atoms with Crippen LogP contribution in [0.4, 0.5) is 4.79 Å². The summed E-state index contributed by atoms with van der Waals surface area (Å²) in [4.78, 5) is 39.1. The van der Waals surface area contributed by atoms with Crippen molar-refractivity contribution in [2.75, 3.05) is 6.54 Å². The van der Waals surface area contributed by atoms with Crippen molar-refractivity contribution in [2.45, 2.75) is 161 Å². The van der Waals surface area contributed by atoms with E-state index in [1.54, 1.807) is 0 Å². The molecule has 47 heavy (non-hydrogen) atoms. The van der Waals surface area contributed by atoms with Crippen LogP contribution in [0.5, 0.6) is 0 Å². The molecule has 0 saturated carbocycles. The van der Waals surface area contributed by atoms with Crippen LogP contribution in [0.25, 0.3) is 10.8 Å². The summed E-state index contributed by atoms with van der Waals surface area (Å²) in [5.74, 6) is -0.496. The second-order valence-electron chi connectivity index (χ2n) is 14.8. The minimum Gasteiger partial charge on any atom is -0.460 e. The SMILES string of the molecule is CC(C)(C)OC(=O)CCCCCCCCCCCC(C(=O)[C@H](CCCCN)NC(=O)OC(C)(C)C)c1ccc2ccccc2c1CN. The Morgan fingerprint density at radius 1 is 0.702 bits per heavy atom. The lowest BCUT2D eigenvalue weighted by Gasteiger charge is -2.27. The summed E-state index contributed by atoms with van der Waals surface area (Å²) in [6.07, 6.45) is 12.2. The van der Waals surface area contributed by atoms with Crippen LogP contribution in [0.2, 0.25) is 0 Å². The molecule has 2 atom stereocenters. The number of hydrogen-bond donors (Lipinski definition) is 3. The molecule has 0 radical (unpaired) electrons. The van der Waals surface area contributed by atoms with Gasteiger partial charge in [-0.1, -0.05) is 87.8 Å². The molecule has 264 valence electrons. The second-order valence-corrected chi connectivity index (χ2v) is 14.8. The summed E-state index contributed by atoms with van der Waals surface area (Å²) in [6.45, 7) is 12.0. The van der Waals surface area contributed by atoms with Crippen molar-refractivity contribution in [3.05, 3.63) is 47.5 Å². The average molecular weight is 654 g/mol. The number of alkyl carbamates (subject to hydrolysis) is 1. The molecule has 0 aliphatic rings. The van der Waals surface area contributed by atoms with Gasteiger partial charge in [-0.05, 0) is 102 Å². The Labute approximate surface area is 284 Å². The zero-order valence-corrected chi connectivity index (χ0v) is 30.1. The number of benzene rings is 2. The molecule has 1 amide bonds. The van der Waals surface area contributed by atoms with Crippen LogP contribution >= 0.6 is 0 Å². The third-order valence-corrected chi connectivity index (χ3v) is 8.27. The fraction of sp³-hybridized carbons (Fsp3) is 0.667. The number of nitrogens with two attached hydrogens (primary N) is 2. The number of amides is 1. The highest BCUT2D eigenvalue weighted by atomic mass is 16.6. The highest BCUT2D eigenvalue weighted by Crippen LogP contribution is 2.33. The Kier molecular flexibility index (Phi) is 17.5. The van der Waals surface area contributed by atoms with Crippen LogP contribution in [0.15, 0.2) is 36.4 Å². The van der Waals surface area contributed by atoms with Gasteiger partial charge in [-0.15, -0.1) is 0 Å². The number of Topliss-reactive ketones (excluding diaryl/α,β-unsaturated/α-hetero) is 1. The van der Waals surface area contributed by atoms with E-state index in [4.69, 9.17) is 20.9 Å². The molecule has 5 N–H and O–H groups in total. The van der Waals surface area contributed by atoms with Gasteiger partial charge in [0, 0.05) is 18.9 Å². The van der Waals surface area contributed by atoms with Crippen molar-refractivity contribution in [3.8, 4) is 0 Å². The molecule has 2 rings (SSSR count). The number of ketones is 1. The number of fused-ring (bicyclic) bond motifs is 1. The van der Waals surface area contributed by atoms with Gasteiger partial charge in [0.2, 0.25) is 0 Å². The Hall–Kier alpha value is -2.97. The number of ether oxygens (including phenoxy) is 2. The van der Waals surface area contributed by atoms with Crippen LogP contribution in [0, 0.1) is 0 Å². The Bertz CT molecular complexity index is 1250. The molecule has 0 aliphatic carbocycles. The molecule has 0 saturated heterocycles. The number of nitrogens with one attached hydrogen (secondary N) is 1. The lowest BCUT2D eigenvalue weighted by atomic mass is 9.81. The van der Waals surface area contributed by atoms with Crippen molar-refractivity contribution >= 4 is 28.6 Å². The molecular formula is C39H63N3O5. The lowest BCUT2D eigenvalue weighted by Crippen LogP contribution is -2.45. The van der Waals surface area contributed by atoms with Crippen LogP contribution < -0.4 is 16.8 Å². The third kappa shape index (κ3) is 15.7. The molecule has 1 unspecified atom stereocenters. The van der Waals surface area contributed by atoms with Crippen LogP contribution in [-0.2, 0) is 25.6 Å². The Morgan fingerprint density at radius 3 is 1.87 bits per heavy atom. The third-order valence-electron chi connectivity index (χ3n) is 8.27. The fourth-order valence-corrected chi connectivity index (χ4v) is 6.08. The molecule has 2 aromatic rings. The summed E-state index contributed by atoms with van der Waals surface area (Å²) in [7, 11) is 0. The highest BCUT2D eigenvalue weighted by molar-refractivity contribution is 5.95. The van der Waals surface area contributed by atoms with Gasteiger partial charge in [0.15, 0.2) is 5.78 Å². The van der Waals surface area contributed by atoms with Gasteiger partial charge in [-0.2, -0.15) is 0 Å². The van der Waals surface area contributed by atoms with Gasteiger partial charge in [0.05, 0.1) is 6.04 Å². The van der Waals surface area contributed by atoms with Crippen molar-refractivity contribution in [1.82, 2.24) is 5.32 Å². The summed E-state index contributed by atoms with van der Waals surface area (Å²) < 4.78 is 10.9. The van der Waals surface area contributed by atoms with Gasteiger partial charge in [0.1, 0.15) is 11.2 Å². The van der Waals surface area contributed by atoms with E-state index in [1.807, 2.05) is 53.7 Å². The predicted octanol–water partition coefficient (Wildman–Crippen LogP) is 8.61. The number of hydrogen-bond acceptors (Lipinski definition) is 7. The number of carbonyl (C=O) groups excluding carboxylic acids is 3. The molecule has 8 heteroatoms. The smallest absolute Gasteiger partial charge is 0.408 e. The molecule has 0 spiro atoms. The molecular weight excluding hydrogens is 590 g/mol. The first-order chi connectivity index (χ1) is 22.3. The summed E-state index contributed by atoms with van der Waals surface area (Å²) in [5, 5.41) is 5.07. The van der Waals surface area contributed by atoms with Crippen LogP contribution in [0.3, 0.4) is 0 Å². The topological polar surface area (TPSA) is 134 Å². The lowest BCUT2D eigenvalue weighted by molar-refractivity contribution is -0.154. The van der Waals surface area contributed by atoms with Crippen LogP contribution in [0.1, 0.15) is 148 Å². The van der Waals surface area contributed by atoms with Crippen molar-refractivity contribution in [2.24, 2.45) is 11.5 Å². The van der Waals surface area contributed by atoms with Crippen molar-refractivity contribution in [3.63, 3.8) is 0 Å². The first-order valence-electron chi connectivity index (χ1n) is 17.9. The standard InChI is InChI=1S/C39H63N3O5/c1-38(2,3)46-35(43)24-15-13-11-9-7-8-10-12-14-22-32(31-26-25-29-20-16-17-21-30(29)33(31)28-41)36(44)34(23-18-19-27-40)42-37(45)47-39(4,5)6/h16-17,20-21,25-26,32,34H,7-15,18-19,22-24,27-28,40-41H2,1-6H3,(H,42,45)/t32?,34-/m0/s1. The zero-order chi connectivity index (χ0) is 34.9. The van der Waals surface area contributed by atoms with E-state index in [9.17, 15) is 14.4 Å². The normalized spacial score (nSPS) is 13.3. The molecule has 0 aliphatic heterocycles. The minimum absolute atomic E-state index is 0.00393. The van der Waals surface area contributed by atoms with Crippen molar-refractivity contribution < 1.29 is 23.9 Å². The molecule has 2 aromatic carbocycles. The first kappa shape index (κ1) is 40.2. The van der Waals surface area contributed by atoms with Crippen LogP contribution in [-0.4, -0.2) is 41.6 Å². The van der Waals surface area contributed by atoms with E-state index < -0.39 is 23.3 Å². The highest BCUT2D eigenvalue weighted by Gasteiger charge is 2.32. The molecule has 0 aromatic heterocycles. The Balaban J connectivity index is 2.04. The maximum Gasteiger partial charge on any atom is 0.408 e. The predicted molar refractivity (Wildman–Crippen MR) is 192 cm³/mol. The fourth-order valence-electron chi connectivity index (χ4n) is 6.08. The number of esters is 1. The average Bonchev–Trinajstić information content (AvgIpc) is 2.98. The molecule has 0 fully saturated rings. The minimum atomic E-state index is -0.672. The quantitative estimate of drug-likeness (QED) is 0.0907. The molecule has 0 heterocycles. The molecule has 0 bridgehead atoms. The summed E-state index contributed by atoms with van der Waals surface area (Å²) in [6, 6.07) is 11.6. The van der Waals surface area contributed by atoms with E-state index in [0.29, 0.717) is 32.4 Å². The number of carbonyl (C=O) groups is 3. The van der Waals surface area contributed by atoms with Crippen molar-refractivity contribution in [1.29, 1.82) is 0 Å². The van der Waals surface area contributed by atoms with Gasteiger partial charge in [-0.3, -0.25) is 9.59 Å². The van der Waals surface area contributed by atoms with E-state index in [0.717, 1.165) is 86.1 Å². The van der Waals surface area contributed by atoms with E-state index in [1.165, 1.54) is 6.42 Å². The summed E-state index contributed by atoms with van der Waals surface area (Å²) in [5.41, 5.74) is 13.0.